The summed E-state index contributed by atoms with van der Waals surface area (Å²) in [4.78, 5) is 12.8. The van der Waals surface area contributed by atoms with E-state index >= 15 is 0 Å². The van der Waals surface area contributed by atoms with Gasteiger partial charge in [0, 0.05) is 12.2 Å². The number of H-pyrrole nitrogens is 1. The first kappa shape index (κ1) is 29.5. The van der Waals surface area contributed by atoms with E-state index in [4.69, 9.17) is 12.2 Å². The Labute approximate surface area is 207 Å². The highest BCUT2D eigenvalue weighted by Gasteiger charge is 2.15. The molecule has 0 aliphatic heterocycles. The molecule has 0 fully saturated rings. The fourth-order valence-electron chi connectivity index (χ4n) is 4.23. The molecule has 0 saturated carbocycles. The van der Waals surface area contributed by atoms with Crippen LogP contribution in [-0.2, 0) is 6.54 Å². The van der Waals surface area contributed by atoms with E-state index in [2.05, 4.69) is 18.9 Å². The number of aromatic nitrogens is 2. The Morgan fingerprint density at radius 1 is 0.750 bits per heavy atom. The van der Waals surface area contributed by atoms with Crippen LogP contribution < -0.4 is 5.56 Å². The van der Waals surface area contributed by atoms with E-state index in [0.717, 1.165) is 34.2 Å². The molecule has 1 heterocycles. The van der Waals surface area contributed by atoms with Gasteiger partial charge < -0.3 is 0 Å². The molecule has 1 aromatic rings. The van der Waals surface area contributed by atoms with Crippen LogP contribution in [-0.4, -0.2) is 19.7 Å². The topological polar surface area (TPSA) is 37.8 Å². The number of rotatable bonds is 21. The Bertz CT molecular complexity index is 651. The zero-order valence-electron chi connectivity index (χ0n) is 21.3. The smallest absolute Gasteiger partial charge is 0.276 e. The van der Waals surface area contributed by atoms with Crippen molar-refractivity contribution in [2.45, 2.75) is 143 Å². The average Bonchev–Trinajstić information content (AvgIpc) is 3.06. The van der Waals surface area contributed by atoms with Gasteiger partial charge in [-0.25, -0.2) is 0 Å². The molecule has 0 bridgehead atoms. The van der Waals surface area contributed by atoms with Crippen molar-refractivity contribution in [2.75, 3.05) is 5.75 Å². The van der Waals surface area contributed by atoms with Crippen molar-refractivity contribution in [3.8, 4) is 0 Å². The van der Waals surface area contributed by atoms with Gasteiger partial charge >= 0.3 is 0 Å². The maximum absolute atomic E-state index is 12.8. The van der Waals surface area contributed by atoms with Gasteiger partial charge in [0.2, 0.25) is 0 Å². The summed E-state index contributed by atoms with van der Waals surface area (Å²) >= 11 is 7.29. The summed E-state index contributed by atoms with van der Waals surface area (Å²) in [5.74, 6) is 1.02. The Balaban J connectivity index is 2.19. The van der Waals surface area contributed by atoms with E-state index in [1.54, 1.807) is 16.4 Å². The third-order valence-corrected chi connectivity index (χ3v) is 7.82. The third kappa shape index (κ3) is 13.2. The summed E-state index contributed by atoms with van der Waals surface area (Å²) in [5, 5.41) is 3.26. The first-order valence-corrected chi connectivity index (χ1v) is 15.0. The molecule has 0 aromatic carbocycles. The highest BCUT2D eigenvalue weighted by molar-refractivity contribution is 8.23. The number of nitrogens with zero attached hydrogens (tertiary/aromatic N) is 1. The number of hydrogen-bond acceptors (Lipinski definition) is 3. The summed E-state index contributed by atoms with van der Waals surface area (Å²) < 4.78 is 2.55. The van der Waals surface area contributed by atoms with Crippen LogP contribution in [0.5, 0.6) is 0 Å². The third-order valence-electron chi connectivity index (χ3n) is 6.31. The molecular formula is C27H50N2OS2. The standard InChI is InChI=1S/C27H50N2OS2/c1-4-6-8-10-12-14-15-16-18-20-22-29-26(30)25(24(3)28-29)27(31)32-23-21-19-17-13-11-9-7-5-2/h28H,4-23H2,1-3H3. The number of hydrogen-bond donors (Lipinski definition) is 1. The molecule has 1 rings (SSSR count). The van der Waals surface area contributed by atoms with Crippen molar-refractivity contribution in [3.63, 3.8) is 0 Å². The summed E-state index contributed by atoms with van der Waals surface area (Å²) in [6, 6.07) is 0. The SMILES string of the molecule is CCCCCCCCCCCCn1[nH]c(C)c(C(=S)SCCCCCCCCCC)c1=O. The number of nitrogens with one attached hydrogen (secondary N) is 1. The zero-order valence-corrected chi connectivity index (χ0v) is 22.9. The van der Waals surface area contributed by atoms with Crippen molar-refractivity contribution in [2.24, 2.45) is 0 Å². The van der Waals surface area contributed by atoms with Crippen molar-refractivity contribution in [3.05, 3.63) is 21.6 Å². The second kappa shape index (κ2) is 19.9. The van der Waals surface area contributed by atoms with E-state index in [1.165, 1.54) is 109 Å². The van der Waals surface area contributed by atoms with Gasteiger partial charge in [-0.2, -0.15) is 0 Å². The van der Waals surface area contributed by atoms with E-state index in [0.29, 0.717) is 0 Å². The van der Waals surface area contributed by atoms with Gasteiger partial charge in [-0.05, 0) is 25.5 Å². The largest absolute Gasteiger partial charge is 0.299 e. The highest BCUT2D eigenvalue weighted by atomic mass is 32.2. The van der Waals surface area contributed by atoms with Crippen LogP contribution in [0.4, 0.5) is 0 Å². The molecule has 32 heavy (non-hydrogen) atoms. The molecule has 0 saturated heterocycles. The van der Waals surface area contributed by atoms with Crippen LogP contribution in [0.2, 0.25) is 0 Å². The van der Waals surface area contributed by atoms with E-state index < -0.39 is 0 Å². The lowest BCUT2D eigenvalue weighted by Gasteiger charge is -2.04. The monoisotopic (exact) mass is 482 g/mol. The van der Waals surface area contributed by atoms with Crippen molar-refractivity contribution >= 4 is 28.2 Å². The summed E-state index contributed by atoms with van der Waals surface area (Å²) in [6.07, 6.45) is 23.7. The maximum Gasteiger partial charge on any atom is 0.276 e. The first-order valence-electron chi connectivity index (χ1n) is 13.6. The summed E-state index contributed by atoms with van der Waals surface area (Å²) in [5.41, 5.74) is 1.74. The average molecular weight is 483 g/mol. The van der Waals surface area contributed by atoms with Crippen molar-refractivity contribution < 1.29 is 0 Å². The molecule has 0 atom stereocenters. The first-order chi connectivity index (χ1) is 15.6. The molecule has 0 radical (unpaired) electrons. The van der Waals surface area contributed by atoms with Crippen molar-refractivity contribution in [1.29, 1.82) is 0 Å². The van der Waals surface area contributed by atoms with Gasteiger partial charge in [-0.3, -0.25) is 14.6 Å². The molecule has 0 amide bonds. The Morgan fingerprint density at radius 3 is 1.69 bits per heavy atom. The molecule has 5 heteroatoms. The Morgan fingerprint density at radius 2 is 1.19 bits per heavy atom. The molecule has 0 aliphatic carbocycles. The summed E-state index contributed by atoms with van der Waals surface area (Å²) in [6.45, 7) is 7.29. The molecule has 1 N–H and O–H groups in total. The van der Waals surface area contributed by atoms with Gasteiger partial charge in [0.1, 0.15) is 0 Å². The molecule has 0 spiro atoms. The van der Waals surface area contributed by atoms with Gasteiger partial charge in [0.25, 0.3) is 5.56 Å². The van der Waals surface area contributed by atoms with Crippen LogP contribution in [0.25, 0.3) is 0 Å². The van der Waals surface area contributed by atoms with Crippen molar-refractivity contribution in [1.82, 2.24) is 9.78 Å². The zero-order chi connectivity index (χ0) is 23.4. The Hall–Kier alpha value is -0.550. The van der Waals surface area contributed by atoms with Gasteiger partial charge in [-0.1, -0.05) is 129 Å². The van der Waals surface area contributed by atoms with Crippen LogP contribution in [0.1, 0.15) is 141 Å². The number of thiocarbonyl (C=S) groups is 1. The Kier molecular flexibility index (Phi) is 18.3. The lowest BCUT2D eigenvalue weighted by Crippen LogP contribution is -2.20. The van der Waals surface area contributed by atoms with Crippen LogP contribution in [0.3, 0.4) is 0 Å². The molecular weight excluding hydrogens is 432 g/mol. The maximum atomic E-state index is 12.8. The predicted octanol–water partition coefficient (Wildman–Crippen LogP) is 8.96. The number of unbranched alkanes of at least 4 members (excludes halogenated alkanes) is 16. The fourth-order valence-corrected chi connectivity index (χ4v) is 5.64. The lowest BCUT2D eigenvalue weighted by molar-refractivity contribution is 0.507. The quantitative estimate of drug-likeness (QED) is 0.140. The molecule has 0 aliphatic rings. The minimum atomic E-state index is 0.0758. The van der Waals surface area contributed by atoms with Crippen LogP contribution >= 0.6 is 24.0 Å². The van der Waals surface area contributed by atoms with Gasteiger partial charge in [-0.15, -0.1) is 11.8 Å². The predicted molar refractivity (Wildman–Crippen MR) is 148 cm³/mol. The number of thioether (sulfide) groups is 1. The molecule has 186 valence electrons. The number of aryl methyl sites for hydroxylation is 2. The van der Waals surface area contributed by atoms with Gasteiger partial charge in [0.05, 0.1) is 9.76 Å². The van der Waals surface area contributed by atoms with Gasteiger partial charge in [0.15, 0.2) is 0 Å². The van der Waals surface area contributed by atoms with E-state index in [9.17, 15) is 4.79 Å². The van der Waals surface area contributed by atoms with E-state index in [1.807, 2.05) is 6.92 Å². The second-order valence-corrected chi connectivity index (χ2v) is 11.1. The molecule has 0 unspecified atom stereocenters. The second-order valence-electron chi connectivity index (χ2n) is 9.36. The molecule has 1 aromatic heterocycles. The van der Waals surface area contributed by atoms with Crippen LogP contribution in [0.15, 0.2) is 4.79 Å². The molecule has 3 nitrogen and oxygen atoms in total. The fraction of sp³-hybridized carbons (Fsp3) is 0.852. The lowest BCUT2D eigenvalue weighted by atomic mass is 10.1. The van der Waals surface area contributed by atoms with Crippen LogP contribution in [0, 0.1) is 6.92 Å². The van der Waals surface area contributed by atoms with E-state index in [-0.39, 0.29) is 5.56 Å². The summed E-state index contributed by atoms with van der Waals surface area (Å²) in [7, 11) is 0. The minimum Gasteiger partial charge on any atom is -0.299 e. The normalized spacial score (nSPS) is 11.3. The highest BCUT2D eigenvalue weighted by Crippen LogP contribution is 2.17. The number of aromatic amines is 1. The minimum absolute atomic E-state index is 0.0758.